The highest BCUT2D eigenvalue weighted by Crippen LogP contribution is 2.43. The molecular formula is C30H35F4N3O3. The zero-order valence-corrected chi connectivity index (χ0v) is 22.6. The van der Waals surface area contributed by atoms with Crippen LogP contribution in [-0.2, 0) is 17.8 Å². The number of hydrogen-bond donors (Lipinski definition) is 2. The molecule has 0 bridgehead atoms. The van der Waals surface area contributed by atoms with Gasteiger partial charge in [-0.2, -0.15) is 0 Å². The maximum Gasteiger partial charge on any atom is 0.303 e. The molecule has 2 heterocycles. The van der Waals surface area contributed by atoms with Crippen LogP contribution in [0.1, 0.15) is 61.4 Å². The lowest BCUT2D eigenvalue weighted by molar-refractivity contribution is -0.141. The number of aryl methyl sites for hydroxylation is 1. The van der Waals surface area contributed by atoms with Gasteiger partial charge in [-0.25, -0.2) is 17.6 Å². The van der Waals surface area contributed by atoms with Crippen LogP contribution in [0.25, 0.3) is 10.9 Å². The van der Waals surface area contributed by atoms with E-state index in [2.05, 4.69) is 9.88 Å². The number of pyridine rings is 1. The first-order valence-electron chi connectivity index (χ1n) is 13.5. The Bertz CT molecular complexity index is 1320. The van der Waals surface area contributed by atoms with Gasteiger partial charge in [0.1, 0.15) is 11.9 Å². The van der Waals surface area contributed by atoms with Gasteiger partial charge in [0.05, 0.1) is 19.0 Å². The molecule has 216 valence electrons. The van der Waals surface area contributed by atoms with Crippen LogP contribution in [0, 0.1) is 22.9 Å². The van der Waals surface area contributed by atoms with Crippen molar-refractivity contribution in [2.24, 2.45) is 11.1 Å². The van der Waals surface area contributed by atoms with Crippen molar-refractivity contribution < 1.29 is 32.2 Å². The van der Waals surface area contributed by atoms with Crippen LogP contribution in [0.2, 0.25) is 0 Å². The normalized spacial score (nSPS) is 16.2. The fourth-order valence-corrected chi connectivity index (χ4v) is 5.82. The summed E-state index contributed by atoms with van der Waals surface area (Å²) in [5.41, 5.74) is 7.48. The molecule has 0 saturated carbocycles. The molecule has 4 rings (SSSR count). The number of methoxy groups -OCH3 is 1. The third-order valence-corrected chi connectivity index (χ3v) is 8.09. The van der Waals surface area contributed by atoms with Crippen LogP contribution in [0.15, 0.2) is 36.5 Å². The number of nitrogens with zero attached hydrogens (tertiary/aromatic N) is 2. The van der Waals surface area contributed by atoms with Gasteiger partial charge in [0, 0.05) is 23.7 Å². The number of ether oxygens (including phenoxy) is 1. The summed E-state index contributed by atoms with van der Waals surface area (Å²) in [5, 5.41) is 10.3. The van der Waals surface area contributed by atoms with Gasteiger partial charge < -0.3 is 20.5 Å². The Morgan fingerprint density at radius 1 is 1.18 bits per heavy atom. The monoisotopic (exact) mass is 561 g/mol. The van der Waals surface area contributed by atoms with Crippen molar-refractivity contribution in [1.29, 1.82) is 0 Å². The fourth-order valence-electron chi connectivity index (χ4n) is 5.82. The zero-order chi connectivity index (χ0) is 28.9. The van der Waals surface area contributed by atoms with Crippen LogP contribution in [0.4, 0.5) is 17.6 Å². The zero-order valence-electron chi connectivity index (χ0n) is 22.6. The summed E-state index contributed by atoms with van der Waals surface area (Å²) in [4.78, 5) is 18.4. The summed E-state index contributed by atoms with van der Waals surface area (Å²) in [7, 11) is 1.54. The van der Waals surface area contributed by atoms with E-state index in [1.54, 1.807) is 31.5 Å². The number of hydrogen-bond acceptors (Lipinski definition) is 5. The molecule has 3 N–H and O–H groups in total. The number of fused-ring (bicyclic) bond motifs is 1. The summed E-state index contributed by atoms with van der Waals surface area (Å²) < 4.78 is 61.4. The number of alkyl halides is 1. The number of halogens is 4. The summed E-state index contributed by atoms with van der Waals surface area (Å²) in [6.07, 6.45) is 2.95. The number of likely N-dealkylation sites (tertiary alicyclic amines) is 1. The minimum Gasteiger partial charge on any atom is -0.497 e. The lowest BCUT2D eigenvalue weighted by Crippen LogP contribution is -2.41. The van der Waals surface area contributed by atoms with Crippen molar-refractivity contribution in [2.45, 2.75) is 57.7 Å². The first kappa shape index (κ1) is 29.7. The average molecular weight is 562 g/mol. The van der Waals surface area contributed by atoms with E-state index in [1.165, 1.54) is 0 Å². The lowest BCUT2D eigenvalue weighted by atomic mass is 9.71. The number of rotatable bonds is 12. The van der Waals surface area contributed by atoms with Crippen LogP contribution < -0.4 is 10.5 Å². The first-order valence-corrected chi connectivity index (χ1v) is 13.5. The van der Waals surface area contributed by atoms with Crippen molar-refractivity contribution in [3.63, 3.8) is 0 Å². The van der Waals surface area contributed by atoms with Crippen LogP contribution in [0.3, 0.4) is 0 Å². The van der Waals surface area contributed by atoms with E-state index in [-0.39, 0.29) is 19.4 Å². The van der Waals surface area contributed by atoms with Gasteiger partial charge >= 0.3 is 5.97 Å². The van der Waals surface area contributed by atoms with Crippen LogP contribution >= 0.6 is 0 Å². The summed E-state index contributed by atoms with van der Waals surface area (Å²) in [6, 6.07) is 7.31. The molecule has 3 aromatic rings. The Balaban J connectivity index is 1.40. The molecule has 0 aliphatic carbocycles. The first-order chi connectivity index (χ1) is 19.1. The maximum absolute atomic E-state index is 15.9. The van der Waals surface area contributed by atoms with Crippen LogP contribution in [-0.4, -0.2) is 47.7 Å². The molecule has 0 amide bonds. The standard InChI is InChI=1S/C30H35F4N3O3/c1-40-21-4-5-26-22(15-21)28(20(17-35)18-36-26)23(31)6-7-30(16-27(38)39)8-11-37(12-9-30)10-2-3-19-13-24(32)29(34)25(33)14-19/h4-5,13-15,18,23H,2-3,6-12,16-17,35H2,1H3,(H,38,39)/t23-/m0/s1. The van der Waals surface area contributed by atoms with E-state index >= 15 is 4.39 Å². The number of aliphatic carboxylic acids is 1. The number of aromatic nitrogens is 1. The van der Waals surface area contributed by atoms with Gasteiger partial charge in [-0.05, 0) is 105 Å². The molecule has 10 heteroatoms. The Hall–Kier alpha value is -3.24. The smallest absolute Gasteiger partial charge is 0.303 e. The predicted octanol–water partition coefficient (Wildman–Crippen LogP) is 6.10. The van der Waals surface area contributed by atoms with Crippen molar-refractivity contribution in [3.05, 3.63) is 70.7 Å². The van der Waals surface area contributed by atoms with Crippen molar-refractivity contribution >= 4 is 16.9 Å². The fraction of sp³-hybridized carbons (Fsp3) is 0.467. The largest absolute Gasteiger partial charge is 0.497 e. The molecule has 1 fully saturated rings. The van der Waals surface area contributed by atoms with Gasteiger partial charge in [0.2, 0.25) is 0 Å². The van der Waals surface area contributed by atoms with Crippen LogP contribution in [0.5, 0.6) is 5.75 Å². The van der Waals surface area contributed by atoms with E-state index in [4.69, 9.17) is 10.5 Å². The number of carboxylic acids is 1. The Morgan fingerprint density at radius 2 is 1.88 bits per heavy atom. The van der Waals surface area contributed by atoms with E-state index in [1.807, 2.05) is 0 Å². The number of benzene rings is 2. The molecule has 1 aromatic heterocycles. The Kier molecular flexibility index (Phi) is 9.63. The molecule has 0 unspecified atom stereocenters. The second kappa shape index (κ2) is 13.0. The molecule has 0 radical (unpaired) electrons. The van der Waals surface area contributed by atoms with Crippen molar-refractivity contribution in [2.75, 3.05) is 26.7 Å². The molecule has 1 aliphatic heterocycles. The van der Waals surface area contributed by atoms with Gasteiger partial charge in [-0.1, -0.05) is 0 Å². The van der Waals surface area contributed by atoms with Gasteiger partial charge in [0.25, 0.3) is 0 Å². The molecule has 40 heavy (non-hydrogen) atoms. The quantitative estimate of drug-likeness (QED) is 0.205. The third kappa shape index (κ3) is 6.90. The molecule has 2 aromatic carbocycles. The van der Waals surface area contributed by atoms with Gasteiger partial charge in [0.15, 0.2) is 17.5 Å². The molecule has 1 saturated heterocycles. The Labute approximate surface area is 231 Å². The summed E-state index contributed by atoms with van der Waals surface area (Å²) in [5.74, 6) is -4.20. The minimum absolute atomic E-state index is 0.0453. The number of piperidine rings is 1. The number of carboxylic acid groups (broad SMARTS) is 1. The van der Waals surface area contributed by atoms with E-state index in [0.717, 1.165) is 12.1 Å². The average Bonchev–Trinajstić information content (AvgIpc) is 2.94. The molecule has 0 spiro atoms. The highest BCUT2D eigenvalue weighted by molar-refractivity contribution is 5.85. The number of carbonyl (C=O) groups is 1. The van der Waals surface area contributed by atoms with E-state index < -0.39 is 35.0 Å². The van der Waals surface area contributed by atoms with Gasteiger partial charge in [-0.3, -0.25) is 9.78 Å². The lowest BCUT2D eigenvalue weighted by Gasteiger charge is -2.41. The molecule has 6 nitrogen and oxygen atoms in total. The van der Waals surface area contributed by atoms with E-state index in [0.29, 0.717) is 85.1 Å². The van der Waals surface area contributed by atoms with E-state index in [9.17, 15) is 23.1 Å². The summed E-state index contributed by atoms with van der Waals surface area (Å²) in [6.45, 7) is 2.06. The summed E-state index contributed by atoms with van der Waals surface area (Å²) >= 11 is 0. The molecular weight excluding hydrogens is 526 g/mol. The Morgan fingerprint density at radius 3 is 2.50 bits per heavy atom. The topological polar surface area (TPSA) is 88.7 Å². The van der Waals surface area contributed by atoms with Crippen molar-refractivity contribution in [1.82, 2.24) is 9.88 Å². The molecule has 1 aliphatic rings. The van der Waals surface area contributed by atoms with Crippen molar-refractivity contribution in [3.8, 4) is 5.75 Å². The maximum atomic E-state index is 15.9. The molecule has 1 atom stereocenters. The second-order valence-corrected chi connectivity index (χ2v) is 10.7. The van der Waals surface area contributed by atoms with Gasteiger partial charge in [-0.15, -0.1) is 0 Å². The number of nitrogens with two attached hydrogens (primary N) is 1. The third-order valence-electron chi connectivity index (χ3n) is 8.09. The highest BCUT2D eigenvalue weighted by Gasteiger charge is 2.37. The predicted molar refractivity (Wildman–Crippen MR) is 144 cm³/mol. The SMILES string of the molecule is COc1ccc2ncc(CN)c([C@@H](F)CCC3(CC(=O)O)CCN(CCCc4cc(F)c(F)c(F)c4)CC3)c2c1. The minimum atomic E-state index is -1.47. The second-order valence-electron chi connectivity index (χ2n) is 10.7. The highest BCUT2D eigenvalue weighted by atomic mass is 19.2.